The first-order chi connectivity index (χ1) is 10.1. The maximum Gasteiger partial charge on any atom is 0.258 e. The van der Waals surface area contributed by atoms with Crippen LogP contribution in [-0.2, 0) is 0 Å². The van der Waals surface area contributed by atoms with Crippen molar-refractivity contribution >= 4 is 66.8 Å². The van der Waals surface area contributed by atoms with E-state index in [2.05, 4.69) is 32.9 Å². The Bertz CT molecular complexity index is 847. The van der Waals surface area contributed by atoms with Crippen molar-refractivity contribution in [3.63, 3.8) is 0 Å². The van der Waals surface area contributed by atoms with Crippen molar-refractivity contribution in [1.29, 1.82) is 0 Å². The number of nitrogens with one attached hydrogen (secondary N) is 1. The highest BCUT2D eigenvalue weighted by atomic mass is 127. The number of fused-ring (bicyclic) bond motifs is 1. The van der Waals surface area contributed by atoms with E-state index >= 15 is 0 Å². The topological polar surface area (TPSA) is 42.0 Å². The Kier molecular flexibility index (Phi) is 4.14. The Hall–Kier alpha value is -1.18. The number of aryl methyl sites for hydroxylation is 1. The number of nitrogens with zero attached hydrogens (tertiary/aromatic N) is 1. The first kappa shape index (κ1) is 14.7. The molecule has 0 radical (unpaired) electrons. The number of thiazole rings is 1. The lowest BCUT2D eigenvalue weighted by molar-refractivity contribution is 0.102. The molecule has 0 saturated heterocycles. The summed E-state index contributed by atoms with van der Waals surface area (Å²) in [5, 5.41) is 4.12. The number of halogens is 2. The summed E-state index contributed by atoms with van der Waals surface area (Å²) in [4.78, 5) is 16.8. The molecule has 106 valence electrons. The fourth-order valence-corrected chi connectivity index (χ4v) is 3.67. The van der Waals surface area contributed by atoms with Crippen molar-refractivity contribution in [3.05, 3.63) is 56.1 Å². The monoisotopic (exact) mass is 428 g/mol. The molecule has 0 spiro atoms. The number of benzene rings is 2. The molecule has 0 aliphatic rings. The number of carbonyl (C=O) groups excluding carboxylic acids is 1. The summed E-state index contributed by atoms with van der Waals surface area (Å²) in [5.41, 5.74) is 2.41. The van der Waals surface area contributed by atoms with Gasteiger partial charge in [-0.25, -0.2) is 4.98 Å². The minimum absolute atomic E-state index is 0.150. The van der Waals surface area contributed by atoms with E-state index in [0.717, 1.165) is 19.4 Å². The average Bonchev–Trinajstić information content (AvgIpc) is 2.87. The smallest absolute Gasteiger partial charge is 0.258 e. The van der Waals surface area contributed by atoms with E-state index in [1.807, 2.05) is 37.3 Å². The Balaban J connectivity index is 1.94. The summed E-state index contributed by atoms with van der Waals surface area (Å²) in [6.45, 7) is 1.93. The van der Waals surface area contributed by atoms with E-state index in [1.165, 1.54) is 11.3 Å². The van der Waals surface area contributed by atoms with Gasteiger partial charge in [-0.15, -0.1) is 0 Å². The van der Waals surface area contributed by atoms with Crippen molar-refractivity contribution < 1.29 is 4.79 Å². The fourth-order valence-electron chi connectivity index (χ4n) is 1.96. The Labute approximate surface area is 144 Å². The van der Waals surface area contributed by atoms with Crippen molar-refractivity contribution in [2.24, 2.45) is 0 Å². The number of rotatable bonds is 2. The van der Waals surface area contributed by atoms with Crippen molar-refractivity contribution in [1.82, 2.24) is 4.98 Å². The molecule has 0 bridgehead atoms. The molecule has 3 nitrogen and oxygen atoms in total. The van der Waals surface area contributed by atoms with Crippen LogP contribution < -0.4 is 5.32 Å². The van der Waals surface area contributed by atoms with Crippen LogP contribution in [0.3, 0.4) is 0 Å². The molecule has 0 fully saturated rings. The van der Waals surface area contributed by atoms with E-state index in [-0.39, 0.29) is 5.91 Å². The van der Waals surface area contributed by atoms with Crippen LogP contribution in [0, 0.1) is 10.5 Å². The highest BCUT2D eigenvalue weighted by molar-refractivity contribution is 14.1. The molecule has 0 unspecified atom stereocenters. The molecule has 0 atom stereocenters. The number of amides is 1. The average molecular weight is 429 g/mol. The zero-order valence-corrected chi connectivity index (χ0v) is 14.7. The van der Waals surface area contributed by atoms with Gasteiger partial charge in [0.15, 0.2) is 5.13 Å². The molecular formula is C15H10ClIN2OS. The quantitative estimate of drug-likeness (QED) is 0.576. The van der Waals surface area contributed by atoms with Gasteiger partial charge in [0.2, 0.25) is 0 Å². The molecule has 0 saturated carbocycles. The zero-order valence-electron chi connectivity index (χ0n) is 11.0. The molecular weight excluding hydrogens is 419 g/mol. The largest absolute Gasteiger partial charge is 0.298 e. The number of anilines is 1. The number of hydrogen-bond donors (Lipinski definition) is 1. The van der Waals surface area contributed by atoms with Gasteiger partial charge in [0, 0.05) is 8.59 Å². The number of carbonyl (C=O) groups is 1. The molecule has 1 amide bonds. The molecule has 3 rings (SSSR count). The molecule has 3 aromatic rings. The van der Waals surface area contributed by atoms with Crippen molar-refractivity contribution in [2.45, 2.75) is 6.92 Å². The van der Waals surface area contributed by atoms with Gasteiger partial charge in [0.25, 0.3) is 5.91 Å². The second-order valence-corrected chi connectivity index (χ2v) is 7.07. The maximum absolute atomic E-state index is 12.3. The van der Waals surface area contributed by atoms with Gasteiger partial charge in [0.1, 0.15) is 0 Å². The van der Waals surface area contributed by atoms with E-state index < -0.39 is 0 Å². The highest BCUT2D eigenvalue weighted by Gasteiger charge is 2.13. The van der Waals surface area contributed by atoms with Crippen LogP contribution in [0.4, 0.5) is 5.13 Å². The van der Waals surface area contributed by atoms with Gasteiger partial charge < -0.3 is 0 Å². The Morgan fingerprint density at radius 1 is 1.29 bits per heavy atom. The highest BCUT2D eigenvalue weighted by Crippen LogP contribution is 2.31. The normalized spacial score (nSPS) is 10.8. The third-order valence-corrected chi connectivity index (χ3v) is 5.37. The Morgan fingerprint density at radius 3 is 2.81 bits per heavy atom. The first-order valence-corrected chi connectivity index (χ1v) is 8.45. The third kappa shape index (κ3) is 2.90. The minimum atomic E-state index is -0.150. The standard InChI is InChI=1S/C15H10ClIN2OS/c1-8-10(16)6-7-12-13(8)18-15(21-12)19-14(20)9-4-2-3-5-11(9)17/h2-7H,1H3,(H,18,19,20). The van der Waals surface area contributed by atoms with Crippen molar-refractivity contribution in [3.8, 4) is 0 Å². The molecule has 21 heavy (non-hydrogen) atoms. The SMILES string of the molecule is Cc1c(Cl)ccc2sc(NC(=O)c3ccccc3I)nc12. The lowest BCUT2D eigenvalue weighted by Gasteiger charge is -2.03. The summed E-state index contributed by atoms with van der Waals surface area (Å²) in [6, 6.07) is 11.2. The lowest BCUT2D eigenvalue weighted by atomic mass is 10.2. The van der Waals surface area contributed by atoms with Crippen LogP contribution in [0.1, 0.15) is 15.9 Å². The minimum Gasteiger partial charge on any atom is -0.298 e. The molecule has 2 aromatic carbocycles. The van der Waals surface area contributed by atoms with Gasteiger partial charge in [0.05, 0.1) is 15.8 Å². The van der Waals surface area contributed by atoms with Gasteiger partial charge >= 0.3 is 0 Å². The summed E-state index contributed by atoms with van der Waals surface area (Å²) >= 11 is 9.69. The second kappa shape index (κ2) is 5.90. The molecule has 1 aromatic heterocycles. The fraction of sp³-hybridized carbons (Fsp3) is 0.0667. The molecule has 0 aliphatic heterocycles. The predicted octanol–water partition coefficient (Wildman–Crippen LogP) is 5.12. The third-order valence-electron chi connectivity index (χ3n) is 3.09. The number of hydrogen-bond acceptors (Lipinski definition) is 3. The zero-order chi connectivity index (χ0) is 15.0. The summed E-state index contributed by atoms with van der Waals surface area (Å²) in [7, 11) is 0. The van der Waals surface area contributed by atoms with E-state index in [0.29, 0.717) is 15.7 Å². The van der Waals surface area contributed by atoms with Gasteiger partial charge in [-0.2, -0.15) is 0 Å². The number of aromatic nitrogens is 1. The van der Waals surface area contributed by atoms with Crippen LogP contribution in [0.5, 0.6) is 0 Å². The summed E-state index contributed by atoms with van der Waals surface area (Å²) in [6.07, 6.45) is 0. The van der Waals surface area contributed by atoms with Crippen LogP contribution in [0.2, 0.25) is 5.02 Å². The van der Waals surface area contributed by atoms with Crippen LogP contribution in [0.25, 0.3) is 10.2 Å². The van der Waals surface area contributed by atoms with E-state index in [4.69, 9.17) is 11.6 Å². The lowest BCUT2D eigenvalue weighted by Crippen LogP contribution is -2.12. The summed E-state index contributed by atoms with van der Waals surface area (Å²) < 4.78 is 1.92. The molecule has 0 aliphatic carbocycles. The molecule has 1 N–H and O–H groups in total. The first-order valence-electron chi connectivity index (χ1n) is 6.18. The Morgan fingerprint density at radius 2 is 2.05 bits per heavy atom. The summed E-state index contributed by atoms with van der Waals surface area (Å²) in [5.74, 6) is -0.150. The second-order valence-electron chi connectivity index (χ2n) is 4.47. The van der Waals surface area contributed by atoms with Crippen LogP contribution in [0.15, 0.2) is 36.4 Å². The predicted molar refractivity (Wildman–Crippen MR) is 96.5 cm³/mol. The van der Waals surface area contributed by atoms with Gasteiger partial charge in [-0.05, 0) is 59.3 Å². The van der Waals surface area contributed by atoms with Crippen molar-refractivity contribution in [2.75, 3.05) is 5.32 Å². The maximum atomic E-state index is 12.3. The van der Waals surface area contributed by atoms with Crippen LogP contribution >= 0.6 is 45.5 Å². The molecule has 6 heteroatoms. The van der Waals surface area contributed by atoms with E-state index in [9.17, 15) is 4.79 Å². The molecule has 1 heterocycles. The van der Waals surface area contributed by atoms with E-state index in [1.54, 1.807) is 6.07 Å². The van der Waals surface area contributed by atoms with Crippen LogP contribution in [-0.4, -0.2) is 10.9 Å². The van der Waals surface area contributed by atoms with Gasteiger partial charge in [-0.3, -0.25) is 10.1 Å². The van der Waals surface area contributed by atoms with Gasteiger partial charge in [-0.1, -0.05) is 35.1 Å².